The highest BCUT2D eigenvalue weighted by Gasteiger charge is 2.24. The summed E-state index contributed by atoms with van der Waals surface area (Å²) in [5, 5.41) is 3.47. The fourth-order valence-electron chi connectivity index (χ4n) is 2.37. The first-order chi connectivity index (χ1) is 8.31. The Morgan fingerprint density at radius 3 is 2.88 bits per heavy atom. The Bertz CT molecular complexity index is 328. The summed E-state index contributed by atoms with van der Waals surface area (Å²) in [5.41, 5.74) is 1.39. The second-order valence-corrected chi connectivity index (χ2v) is 4.67. The van der Waals surface area contributed by atoms with Crippen LogP contribution in [0, 0.1) is 0 Å². The third-order valence-corrected chi connectivity index (χ3v) is 3.43. The smallest absolute Gasteiger partial charge is 0.0670 e. The van der Waals surface area contributed by atoms with E-state index in [1.165, 1.54) is 5.56 Å². The quantitative estimate of drug-likeness (QED) is 0.857. The van der Waals surface area contributed by atoms with E-state index in [-0.39, 0.29) is 0 Å². The van der Waals surface area contributed by atoms with Crippen LogP contribution in [0.1, 0.15) is 18.5 Å². The summed E-state index contributed by atoms with van der Waals surface area (Å²) in [5.74, 6) is 0. The number of hydrogen-bond donors (Lipinski definition) is 1. The number of methoxy groups -OCH3 is 1. The third-order valence-electron chi connectivity index (χ3n) is 3.43. The van der Waals surface area contributed by atoms with Crippen molar-refractivity contribution in [1.82, 2.24) is 10.2 Å². The van der Waals surface area contributed by atoms with E-state index >= 15 is 0 Å². The highest BCUT2D eigenvalue weighted by Crippen LogP contribution is 2.22. The Morgan fingerprint density at radius 1 is 1.41 bits per heavy atom. The van der Waals surface area contributed by atoms with Crippen LogP contribution in [-0.4, -0.2) is 44.3 Å². The van der Waals surface area contributed by atoms with Gasteiger partial charge in [-0.3, -0.25) is 4.90 Å². The van der Waals surface area contributed by atoms with E-state index in [2.05, 4.69) is 47.5 Å². The number of piperazine rings is 1. The maximum Gasteiger partial charge on any atom is 0.0670 e. The van der Waals surface area contributed by atoms with E-state index in [1.807, 2.05) is 0 Å². The van der Waals surface area contributed by atoms with Crippen molar-refractivity contribution in [2.75, 3.05) is 33.3 Å². The molecule has 0 spiro atoms. The highest BCUT2D eigenvalue weighted by molar-refractivity contribution is 5.20. The third kappa shape index (κ3) is 3.28. The van der Waals surface area contributed by atoms with Gasteiger partial charge in [-0.1, -0.05) is 30.3 Å². The van der Waals surface area contributed by atoms with Gasteiger partial charge in [-0.25, -0.2) is 0 Å². The van der Waals surface area contributed by atoms with Crippen molar-refractivity contribution < 1.29 is 4.74 Å². The molecule has 2 unspecified atom stereocenters. The van der Waals surface area contributed by atoms with E-state index in [1.54, 1.807) is 7.11 Å². The van der Waals surface area contributed by atoms with Crippen LogP contribution in [-0.2, 0) is 4.74 Å². The predicted molar refractivity (Wildman–Crippen MR) is 70.1 cm³/mol. The summed E-state index contributed by atoms with van der Waals surface area (Å²) in [4.78, 5) is 2.51. The van der Waals surface area contributed by atoms with Gasteiger partial charge < -0.3 is 10.1 Å². The summed E-state index contributed by atoms with van der Waals surface area (Å²) in [6.07, 6.45) is 0.291. The molecule has 3 heteroatoms. The monoisotopic (exact) mass is 234 g/mol. The second-order valence-electron chi connectivity index (χ2n) is 4.67. The number of rotatable bonds is 4. The Kier molecular flexibility index (Phi) is 4.54. The molecule has 1 N–H and O–H groups in total. The van der Waals surface area contributed by atoms with Gasteiger partial charge in [-0.05, 0) is 12.5 Å². The molecule has 1 aliphatic rings. The molecule has 94 valence electrons. The molecule has 0 saturated carbocycles. The Labute approximate surface area is 104 Å². The molecule has 1 saturated heterocycles. The highest BCUT2D eigenvalue weighted by atomic mass is 16.5. The topological polar surface area (TPSA) is 24.5 Å². The minimum atomic E-state index is 0.291. The lowest BCUT2D eigenvalue weighted by molar-refractivity contribution is 0.0507. The number of hydrogen-bond acceptors (Lipinski definition) is 3. The molecule has 2 rings (SSSR count). The van der Waals surface area contributed by atoms with Crippen LogP contribution in [0.15, 0.2) is 30.3 Å². The van der Waals surface area contributed by atoms with Gasteiger partial charge in [-0.15, -0.1) is 0 Å². The van der Waals surface area contributed by atoms with Gasteiger partial charge in [0.05, 0.1) is 6.10 Å². The fraction of sp³-hybridized carbons (Fsp3) is 0.571. The average Bonchev–Trinajstić information content (AvgIpc) is 2.40. The van der Waals surface area contributed by atoms with Crippen LogP contribution in [0.25, 0.3) is 0 Å². The summed E-state index contributed by atoms with van der Waals surface area (Å²) in [6, 6.07) is 11.2. The van der Waals surface area contributed by atoms with Gasteiger partial charge in [0.1, 0.15) is 0 Å². The molecule has 0 radical (unpaired) electrons. The summed E-state index contributed by atoms with van der Waals surface area (Å²) >= 11 is 0. The SMILES string of the molecule is COC(C)CN1CCNCC1c1ccccc1. The van der Waals surface area contributed by atoms with Crippen LogP contribution in [0.5, 0.6) is 0 Å². The zero-order valence-corrected chi connectivity index (χ0v) is 10.7. The maximum atomic E-state index is 5.38. The van der Waals surface area contributed by atoms with Crippen LogP contribution < -0.4 is 5.32 Å². The molecular weight excluding hydrogens is 212 g/mol. The zero-order chi connectivity index (χ0) is 12.1. The van der Waals surface area contributed by atoms with E-state index in [4.69, 9.17) is 4.74 Å². The van der Waals surface area contributed by atoms with Crippen molar-refractivity contribution in [3.63, 3.8) is 0 Å². The molecule has 17 heavy (non-hydrogen) atoms. The van der Waals surface area contributed by atoms with Gasteiger partial charge in [0.2, 0.25) is 0 Å². The molecule has 0 aromatic heterocycles. The number of nitrogens with one attached hydrogen (secondary N) is 1. The minimum Gasteiger partial charge on any atom is -0.380 e. The van der Waals surface area contributed by atoms with Gasteiger partial charge in [0.15, 0.2) is 0 Å². The Morgan fingerprint density at radius 2 is 2.18 bits per heavy atom. The molecule has 0 aliphatic carbocycles. The standard InChI is InChI=1S/C14H22N2O/c1-12(17-2)11-16-9-8-15-10-14(16)13-6-4-3-5-7-13/h3-7,12,14-15H,8-11H2,1-2H3. The molecule has 1 aromatic carbocycles. The van der Waals surface area contributed by atoms with E-state index in [0.717, 1.165) is 26.2 Å². The van der Waals surface area contributed by atoms with E-state index < -0.39 is 0 Å². The van der Waals surface area contributed by atoms with Gasteiger partial charge in [0.25, 0.3) is 0 Å². The van der Waals surface area contributed by atoms with Crippen molar-refractivity contribution in [2.45, 2.75) is 19.1 Å². The van der Waals surface area contributed by atoms with Gasteiger partial charge in [0, 0.05) is 39.3 Å². The molecule has 1 aromatic rings. The summed E-state index contributed by atoms with van der Waals surface area (Å²) < 4.78 is 5.38. The zero-order valence-electron chi connectivity index (χ0n) is 10.7. The summed E-state index contributed by atoms with van der Waals surface area (Å²) in [6.45, 7) is 6.31. The lowest BCUT2D eigenvalue weighted by Crippen LogP contribution is -2.48. The van der Waals surface area contributed by atoms with E-state index in [9.17, 15) is 0 Å². The number of nitrogens with zero attached hydrogens (tertiary/aromatic N) is 1. The van der Waals surface area contributed by atoms with E-state index in [0.29, 0.717) is 12.1 Å². The average molecular weight is 234 g/mol. The van der Waals surface area contributed by atoms with Crippen LogP contribution in [0.2, 0.25) is 0 Å². The molecule has 1 fully saturated rings. The van der Waals surface area contributed by atoms with Crippen LogP contribution in [0.4, 0.5) is 0 Å². The Balaban J connectivity index is 2.07. The van der Waals surface area contributed by atoms with Crippen molar-refractivity contribution in [2.24, 2.45) is 0 Å². The molecular formula is C14H22N2O. The first-order valence-corrected chi connectivity index (χ1v) is 6.33. The van der Waals surface area contributed by atoms with Crippen LogP contribution >= 0.6 is 0 Å². The van der Waals surface area contributed by atoms with Gasteiger partial charge >= 0.3 is 0 Å². The molecule has 0 amide bonds. The molecule has 3 nitrogen and oxygen atoms in total. The molecule has 0 bridgehead atoms. The Hall–Kier alpha value is -0.900. The number of ether oxygens (including phenoxy) is 1. The lowest BCUT2D eigenvalue weighted by Gasteiger charge is -2.37. The molecule has 2 atom stereocenters. The van der Waals surface area contributed by atoms with Crippen molar-refractivity contribution in [3.8, 4) is 0 Å². The van der Waals surface area contributed by atoms with Crippen molar-refractivity contribution in [3.05, 3.63) is 35.9 Å². The first-order valence-electron chi connectivity index (χ1n) is 6.33. The largest absolute Gasteiger partial charge is 0.380 e. The van der Waals surface area contributed by atoms with Crippen LogP contribution in [0.3, 0.4) is 0 Å². The fourth-order valence-corrected chi connectivity index (χ4v) is 2.37. The molecule has 1 heterocycles. The van der Waals surface area contributed by atoms with Gasteiger partial charge in [-0.2, -0.15) is 0 Å². The van der Waals surface area contributed by atoms with Crippen molar-refractivity contribution in [1.29, 1.82) is 0 Å². The summed E-state index contributed by atoms with van der Waals surface area (Å²) in [7, 11) is 1.78. The molecule has 1 aliphatic heterocycles. The first kappa shape index (κ1) is 12.6. The lowest BCUT2D eigenvalue weighted by atomic mass is 10.0. The van der Waals surface area contributed by atoms with Crippen molar-refractivity contribution >= 4 is 0 Å². The number of benzene rings is 1. The maximum absolute atomic E-state index is 5.38. The minimum absolute atomic E-state index is 0.291. The normalized spacial score (nSPS) is 23.5. The second kappa shape index (κ2) is 6.15. The predicted octanol–water partition coefficient (Wildman–Crippen LogP) is 1.67.